The van der Waals surface area contributed by atoms with E-state index >= 15 is 0 Å². The van der Waals surface area contributed by atoms with Gasteiger partial charge < -0.3 is 10.6 Å². The Balaban J connectivity index is 1.49. The van der Waals surface area contributed by atoms with Gasteiger partial charge in [0.15, 0.2) is 0 Å². The summed E-state index contributed by atoms with van der Waals surface area (Å²) in [5.74, 6) is -0.864. The van der Waals surface area contributed by atoms with E-state index in [-0.39, 0.29) is 22.4 Å². The Kier molecular flexibility index (Phi) is 7.62. The second-order valence-corrected chi connectivity index (χ2v) is 9.26. The predicted octanol–water partition coefficient (Wildman–Crippen LogP) is 3.12. The third-order valence-corrected chi connectivity index (χ3v) is 6.53. The van der Waals surface area contributed by atoms with Crippen molar-refractivity contribution in [3.05, 3.63) is 65.5 Å². The van der Waals surface area contributed by atoms with Crippen LogP contribution in [0.5, 0.6) is 0 Å². The first kappa shape index (κ1) is 22.7. The second kappa shape index (κ2) is 10.4. The molecule has 1 fully saturated rings. The number of urea groups is 1. The summed E-state index contributed by atoms with van der Waals surface area (Å²) in [5, 5.41) is 5.41. The van der Waals surface area contributed by atoms with Gasteiger partial charge in [-0.1, -0.05) is 37.5 Å². The minimum Gasteiger partial charge on any atom is -0.352 e. The number of hydrogen-bond donors (Lipinski definition) is 3. The highest BCUT2D eigenvalue weighted by molar-refractivity contribution is 7.90. The molecule has 9 heteroatoms. The van der Waals surface area contributed by atoms with Gasteiger partial charge in [0, 0.05) is 18.2 Å². The molecule has 31 heavy (non-hydrogen) atoms. The van der Waals surface area contributed by atoms with Gasteiger partial charge >= 0.3 is 6.03 Å². The van der Waals surface area contributed by atoms with E-state index in [1.54, 1.807) is 12.1 Å². The highest BCUT2D eigenvalue weighted by Gasteiger charge is 2.21. The largest absolute Gasteiger partial charge is 0.352 e. The van der Waals surface area contributed by atoms with E-state index in [1.807, 2.05) is 0 Å². The summed E-state index contributed by atoms with van der Waals surface area (Å²) in [6, 6.07) is 10.8. The number of halogens is 1. The molecule has 1 aliphatic rings. The lowest BCUT2D eigenvalue weighted by atomic mass is 9.96. The zero-order valence-corrected chi connectivity index (χ0v) is 17.9. The van der Waals surface area contributed by atoms with Gasteiger partial charge in [0.1, 0.15) is 5.82 Å². The number of nitrogens with one attached hydrogen (secondary N) is 3. The number of amides is 3. The van der Waals surface area contributed by atoms with Crippen molar-refractivity contribution in [1.82, 2.24) is 15.4 Å². The van der Waals surface area contributed by atoms with Gasteiger partial charge in [-0.2, -0.15) is 0 Å². The predicted molar refractivity (Wildman–Crippen MR) is 115 cm³/mol. The smallest absolute Gasteiger partial charge is 0.328 e. The Labute approximate surface area is 181 Å². The first-order valence-electron chi connectivity index (χ1n) is 10.3. The molecule has 0 spiro atoms. The molecule has 0 unspecified atom stereocenters. The Morgan fingerprint density at radius 1 is 1.00 bits per heavy atom. The van der Waals surface area contributed by atoms with Gasteiger partial charge in [-0.05, 0) is 55.2 Å². The fourth-order valence-electron chi connectivity index (χ4n) is 3.53. The summed E-state index contributed by atoms with van der Waals surface area (Å²) in [4.78, 5) is 24.0. The Morgan fingerprint density at radius 3 is 2.39 bits per heavy atom. The lowest BCUT2D eigenvalue weighted by Gasteiger charge is -2.22. The molecule has 166 valence electrons. The number of hydrogen-bond acceptors (Lipinski definition) is 4. The Hall–Kier alpha value is -2.94. The van der Waals surface area contributed by atoms with Crippen molar-refractivity contribution in [1.29, 1.82) is 0 Å². The third kappa shape index (κ3) is 6.78. The van der Waals surface area contributed by atoms with Gasteiger partial charge in [0.25, 0.3) is 15.9 Å². The minimum absolute atomic E-state index is 0.00825. The maximum Gasteiger partial charge on any atom is 0.328 e. The Morgan fingerprint density at radius 2 is 1.71 bits per heavy atom. The highest BCUT2D eigenvalue weighted by Crippen LogP contribution is 2.17. The second-order valence-electron chi connectivity index (χ2n) is 7.57. The van der Waals surface area contributed by atoms with Crippen LogP contribution in [-0.2, 0) is 16.4 Å². The maximum absolute atomic E-state index is 13.2. The van der Waals surface area contributed by atoms with E-state index in [0.717, 1.165) is 43.7 Å². The van der Waals surface area contributed by atoms with Gasteiger partial charge in [0.2, 0.25) is 0 Å². The molecule has 0 aliphatic heterocycles. The molecule has 0 saturated heterocycles. The molecule has 1 saturated carbocycles. The summed E-state index contributed by atoms with van der Waals surface area (Å²) >= 11 is 0. The van der Waals surface area contributed by atoms with Crippen LogP contribution in [0.2, 0.25) is 0 Å². The van der Waals surface area contributed by atoms with Crippen LogP contribution in [0, 0.1) is 5.82 Å². The first-order valence-corrected chi connectivity index (χ1v) is 11.8. The molecule has 2 aromatic rings. The average molecular weight is 448 g/mol. The maximum atomic E-state index is 13.2. The number of carbonyl (C=O) groups excluding carboxylic acids is 2. The molecule has 0 radical (unpaired) electrons. The van der Waals surface area contributed by atoms with E-state index in [1.165, 1.54) is 30.3 Å². The molecule has 3 amide bonds. The molecule has 0 heterocycles. The van der Waals surface area contributed by atoms with E-state index in [9.17, 15) is 22.4 Å². The summed E-state index contributed by atoms with van der Waals surface area (Å²) in [7, 11) is -3.97. The normalized spacial score (nSPS) is 14.6. The zero-order chi connectivity index (χ0) is 22.3. The number of benzene rings is 2. The molecule has 0 aromatic heterocycles. The molecule has 2 aromatic carbocycles. The summed E-state index contributed by atoms with van der Waals surface area (Å²) < 4.78 is 40.1. The number of sulfonamides is 1. The molecule has 1 aliphatic carbocycles. The van der Waals surface area contributed by atoms with Crippen molar-refractivity contribution >= 4 is 22.0 Å². The van der Waals surface area contributed by atoms with Crippen molar-refractivity contribution in [2.45, 2.75) is 49.5 Å². The standard InChI is InChI=1S/C22H26FN3O4S/c23-18-6-4-5-17(15-18)21(27)24-14-13-16-9-11-20(12-10-16)31(29,30)26-22(28)25-19-7-2-1-3-8-19/h4-6,9-12,15,19H,1-3,7-8,13-14H2,(H,24,27)(H2,25,26,28). The third-order valence-electron chi connectivity index (χ3n) is 5.19. The van der Waals surface area contributed by atoms with Crippen molar-refractivity contribution in [3.8, 4) is 0 Å². The summed E-state index contributed by atoms with van der Waals surface area (Å²) in [5.41, 5.74) is 1.05. The van der Waals surface area contributed by atoms with Gasteiger partial charge in [-0.25, -0.2) is 22.3 Å². The molecule has 0 atom stereocenters. The summed E-state index contributed by atoms with van der Waals surface area (Å²) in [6.45, 7) is 0.309. The fraction of sp³-hybridized carbons (Fsp3) is 0.364. The lowest BCUT2D eigenvalue weighted by Crippen LogP contribution is -2.45. The van der Waals surface area contributed by atoms with Crippen LogP contribution in [0.1, 0.15) is 48.0 Å². The molecular formula is C22H26FN3O4S. The van der Waals surface area contributed by atoms with Crippen molar-refractivity contribution in [2.75, 3.05) is 6.54 Å². The zero-order valence-electron chi connectivity index (χ0n) is 17.1. The lowest BCUT2D eigenvalue weighted by molar-refractivity contribution is 0.0953. The number of rotatable bonds is 7. The van der Waals surface area contributed by atoms with E-state index in [4.69, 9.17) is 0 Å². The highest BCUT2D eigenvalue weighted by atomic mass is 32.2. The van der Waals surface area contributed by atoms with Crippen LogP contribution in [0.25, 0.3) is 0 Å². The fourth-order valence-corrected chi connectivity index (χ4v) is 4.45. The van der Waals surface area contributed by atoms with Crippen LogP contribution in [0.4, 0.5) is 9.18 Å². The van der Waals surface area contributed by atoms with Crippen LogP contribution >= 0.6 is 0 Å². The number of carbonyl (C=O) groups is 2. The van der Waals surface area contributed by atoms with Crippen molar-refractivity contribution in [2.24, 2.45) is 0 Å². The van der Waals surface area contributed by atoms with Gasteiger partial charge in [-0.15, -0.1) is 0 Å². The van der Waals surface area contributed by atoms with Crippen LogP contribution in [0.15, 0.2) is 53.4 Å². The topological polar surface area (TPSA) is 104 Å². The van der Waals surface area contributed by atoms with Crippen LogP contribution in [0.3, 0.4) is 0 Å². The molecule has 7 nitrogen and oxygen atoms in total. The van der Waals surface area contributed by atoms with E-state index in [2.05, 4.69) is 15.4 Å². The van der Waals surface area contributed by atoms with Gasteiger partial charge in [-0.3, -0.25) is 4.79 Å². The van der Waals surface area contributed by atoms with Crippen molar-refractivity contribution in [3.63, 3.8) is 0 Å². The quantitative estimate of drug-likeness (QED) is 0.607. The minimum atomic E-state index is -3.97. The molecule has 3 N–H and O–H groups in total. The van der Waals surface area contributed by atoms with Gasteiger partial charge in [0.05, 0.1) is 4.90 Å². The van der Waals surface area contributed by atoms with Crippen LogP contribution < -0.4 is 15.4 Å². The van der Waals surface area contributed by atoms with E-state index in [0.29, 0.717) is 13.0 Å². The Bertz CT molecular complexity index is 1020. The average Bonchev–Trinajstić information content (AvgIpc) is 2.74. The monoisotopic (exact) mass is 447 g/mol. The summed E-state index contributed by atoms with van der Waals surface area (Å²) in [6.07, 6.45) is 5.38. The molecule has 3 rings (SSSR count). The van der Waals surface area contributed by atoms with Crippen molar-refractivity contribution < 1.29 is 22.4 Å². The van der Waals surface area contributed by atoms with Crippen LogP contribution in [-0.4, -0.2) is 32.9 Å². The molecule has 0 bridgehead atoms. The first-order chi connectivity index (χ1) is 14.8. The molecular weight excluding hydrogens is 421 g/mol. The van der Waals surface area contributed by atoms with E-state index < -0.39 is 21.9 Å². The SMILES string of the molecule is O=C(NC1CCCCC1)NS(=O)(=O)c1ccc(CCNC(=O)c2cccc(F)c2)cc1.